The lowest BCUT2D eigenvalue weighted by atomic mass is 10.2. The summed E-state index contributed by atoms with van der Waals surface area (Å²) in [5, 5.41) is 0.343. The van der Waals surface area contributed by atoms with Crippen LogP contribution < -0.4 is 4.74 Å². The van der Waals surface area contributed by atoms with Crippen molar-refractivity contribution >= 4 is 11.6 Å². The third-order valence-corrected chi connectivity index (χ3v) is 2.23. The summed E-state index contributed by atoms with van der Waals surface area (Å²) in [6, 6.07) is 5.30. The fourth-order valence-corrected chi connectivity index (χ4v) is 1.30. The Morgan fingerprint density at radius 3 is 2.69 bits per heavy atom. The first-order valence-corrected chi connectivity index (χ1v) is 5.26. The topological polar surface area (TPSA) is 47.9 Å². The highest BCUT2D eigenvalue weighted by molar-refractivity contribution is 6.29. The smallest absolute Gasteiger partial charge is 0.225 e. The first-order valence-electron chi connectivity index (χ1n) is 4.88. The van der Waals surface area contributed by atoms with Gasteiger partial charge in [0.25, 0.3) is 0 Å². The zero-order valence-corrected chi connectivity index (χ0v) is 9.48. The molecule has 0 spiro atoms. The van der Waals surface area contributed by atoms with E-state index in [0.29, 0.717) is 16.9 Å². The Labute approximate surface area is 98.3 Å². The lowest BCUT2D eigenvalue weighted by Gasteiger charge is -2.03. The van der Waals surface area contributed by atoms with Gasteiger partial charge in [-0.3, -0.25) is 0 Å². The van der Waals surface area contributed by atoms with Crippen LogP contribution in [-0.4, -0.2) is 15.0 Å². The second-order valence-electron chi connectivity index (χ2n) is 3.14. The normalized spacial score (nSPS) is 10.1. The molecule has 0 aliphatic heterocycles. The summed E-state index contributed by atoms with van der Waals surface area (Å²) in [6.07, 6.45) is 4.07. The molecule has 2 aromatic rings. The maximum atomic E-state index is 5.71. The molecule has 0 saturated carbocycles. The van der Waals surface area contributed by atoms with Gasteiger partial charge in [-0.05, 0) is 12.0 Å². The molecule has 0 radical (unpaired) electrons. The molecule has 2 heterocycles. The van der Waals surface area contributed by atoms with Crippen molar-refractivity contribution < 1.29 is 4.74 Å². The molecule has 0 fully saturated rings. The Hall–Kier alpha value is -1.68. The van der Waals surface area contributed by atoms with E-state index in [2.05, 4.69) is 21.9 Å². The van der Waals surface area contributed by atoms with Gasteiger partial charge >= 0.3 is 0 Å². The molecule has 0 N–H and O–H groups in total. The van der Waals surface area contributed by atoms with Crippen LogP contribution >= 0.6 is 11.6 Å². The molecule has 0 saturated heterocycles. The van der Waals surface area contributed by atoms with Gasteiger partial charge in [0, 0.05) is 18.3 Å². The number of nitrogens with zero attached hydrogens (tertiary/aromatic N) is 3. The van der Waals surface area contributed by atoms with Gasteiger partial charge in [0.05, 0.1) is 0 Å². The molecule has 0 aromatic carbocycles. The minimum Gasteiger partial charge on any atom is -0.421 e. The van der Waals surface area contributed by atoms with Gasteiger partial charge in [-0.1, -0.05) is 24.6 Å². The van der Waals surface area contributed by atoms with Gasteiger partial charge in [-0.15, -0.1) is 0 Å². The Kier molecular flexibility index (Phi) is 3.31. The third kappa shape index (κ3) is 2.67. The molecule has 0 aliphatic rings. The quantitative estimate of drug-likeness (QED) is 0.768. The average molecular weight is 236 g/mol. The number of ether oxygens (including phenoxy) is 1. The van der Waals surface area contributed by atoms with Crippen LogP contribution in [-0.2, 0) is 6.42 Å². The molecular formula is C11H10ClN3O. The molecule has 0 unspecified atom stereocenters. The van der Waals surface area contributed by atoms with E-state index in [1.54, 1.807) is 12.3 Å². The molecule has 2 aromatic heterocycles. The molecule has 0 aliphatic carbocycles. The van der Waals surface area contributed by atoms with Crippen LogP contribution in [0.4, 0.5) is 0 Å². The summed E-state index contributed by atoms with van der Waals surface area (Å²) >= 11 is 5.71. The van der Waals surface area contributed by atoms with E-state index < -0.39 is 0 Å². The number of hydrogen-bond donors (Lipinski definition) is 0. The molecule has 0 bridgehead atoms. The zero-order chi connectivity index (χ0) is 11.4. The maximum Gasteiger partial charge on any atom is 0.225 e. The number of rotatable bonds is 3. The van der Waals surface area contributed by atoms with Crippen LogP contribution in [0.15, 0.2) is 30.7 Å². The predicted octanol–water partition coefficient (Wildman–Crippen LogP) is 2.88. The minimum atomic E-state index is 0.343. The summed E-state index contributed by atoms with van der Waals surface area (Å²) in [5.41, 5.74) is 1.16. The second kappa shape index (κ2) is 4.90. The summed E-state index contributed by atoms with van der Waals surface area (Å²) in [5.74, 6) is 0.878. The van der Waals surface area contributed by atoms with Crippen molar-refractivity contribution in [3.05, 3.63) is 41.4 Å². The van der Waals surface area contributed by atoms with E-state index >= 15 is 0 Å². The van der Waals surface area contributed by atoms with E-state index in [9.17, 15) is 0 Å². The van der Waals surface area contributed by atoms with E-state index in [4.69, 9.17) is 16.3 Å². The Bertz CT molecular complexity index is 473. The van der Waals surface area contributed by atoms with Crippen molar-refractivity contribution in [3.63, 3.8) is 0 Å². The SMILES string of the molecule is CCc1ccc(Oc2cc(Cl)ncn2)nc1. The molecule has 2 rings (SSSR count). The molecule has 82 valence electrons. The first-order chi connectivity index (χ1) is 7.78. The third-order valence-electron chi connectivity index (χ3n) is 2.02. The minimum absolute atomic E-state index is 0.343. The lowest BCUT2D eigenvalue weighted by Crippen LogP contribution is -1.92. The van der Waals surface area contributed by atoms with Crippen LogP contribution in [0.2, 0.25) is 5.15 Å². The van der Waals surface area contributed by atoms with Crippen LogP contribution in [0.5, 0.6) is 11.8 Å². The van der Waals surface area contributed by atoms with E-state index in [1.807, 2.05) is 6.07 Å². The highest BCUT2D eigenvalue weighted by Crippen LogP contribution is 2.18. The number of aromatic nitrogens is 3. The molecule has 0 atom stereocenters. The molecule has 0 amide bonds. The monoisotopic (exact) mass is 235 g/mol. The summed E-state index contributed by atoms with van der Waals surface area (Å²) in [6.45, 7) is 2.07. The average Bonchev–Trinajstić information content (AvgIpc) is 2.30. The van der Waals surface area contributed by atoms with Crippen molar-refractivity contribution in [3.8, 4) is 11.8 Å². The fourth-order valence-electron chi connectivity index (χ4n) is 1.16. The fraction of sp³-hybridized carbons (Fsp3) is 0.182. The van der Waals surface area contributed by atoms with Gasteiger partial charge in [0.2, 0.25) is 11.8 Å². The lowest BCUT2D eigenvalue weighted by molar-refractivity contribution is 0.443. The van der Waals surface area contributed by atoms with Crippen molar-refractivity contribution in [1.29, 1.82) is 0 Å². The molecule has 5 heteroatoms. The van der Waals surface area contributed by atoms with Crippen molar-refractivity contribution in [1.82, 2.24) is 15.0 Å². The highest BCUT2D eigenvalue weighted by atomic mass is 35.5. The summed E-state index contributed by atoms with van der Waals surface area (Å²) in [4.78, 5) is 11.8. The highest BCUT2D eigenvalue weighted by Gasteiger charge is 2.01. The van der Waals surface area contributed by atoms with Crippen LogP contribution in [0.25, 0.3) is 0 Å². The number of aryl methyl sites for hydroxylation is 1. The van der Waals surface area contributed by atoms with Gasteiger partial charge in [0.1, 0.15) is 11.5 Å². The van der Waals surface area contributed by atoms with Gasteiger partial charge in [-0.2, -0.15) is 0 Å². The Morgan fingerprint density at radius 1 is 1.19 bits per heavy atom. The standard InChI is InChI=1S/C11H10ClN3O/c1-2-8-3-4-10(13-6-8)16-11-5-9(12)14-7-15-11/h3-7H,2H2,1H3. The number of pyridine rings is 1. The molecule has 16 heavy (non-hydrogen) atoms. The molecular weight excluding hydrogens is 226 g/mol. The van der Waals surface area contributed by atoms with Gasteiger partial charge in [-0.25, -0.2) is 15.0 Å². The summed E-state index contributed by atoms with van der Waals surface area (Å²) in [7, 11) is 0. The zero-order valence-electron chi connectivity index (χ0n) is 8.72. The van der Waals surface area contributed by atoms with E-state index in [-0.39, 0.29) is 0 Å². The number of hydrogen-bond acceptors (Lipinski definition) is 4. The summed E-state index contributed by atoms with van der Waals surface area (Å²) < 4.78 is 5.41. The van der Waals surface area contributed by atoms with Gasteiger partial charge in [0.15, 0.2) is 0 Å². The van der Waals surface area contributed by atoms with E-state index in [0.717, 1.165) is 12.0 Å². The largest absolute Gasteiger partial charge is 0.421 e. The predicted molar refractivity (Wildman–Crippen MR) is 60.7 cm³/mol. The van der Waals surface area contributed by atoms with Crippen molar-refractivity contribution in [2.75, 3.05) is 0 Å². The maximum absolute atomic E-state index is 5.71. The number of halogens is 1. The first kappa shape index (κ1) is 10.8. The van der Waals surface area contributed by atoms with E-state index in [1.165, 1.54) is 12.4 Å². The Morgan fingerprint density at radius 2 is 2.06 bits per heavy atom. The van der Waals surface area contributed by atoms with Crippen molar-refractivity contribution in [2.45, 2.75) is 13.3 Å². The molecule has 4 nitrogen and oxygen atoms in total. The Balaban J connectivity index is 2.14. The van der Waals surface area contributed by atoms with Crippen LogP contribution in [0, 0.1) is 0 Å². The van der Waals surface area contributed by atoms with Gasteiger partial charge < -0.3 is 4.74 Å². The van der Waals surface area contributed by atoms with Crippen LogP contribution in [0.1, 0.15) is 12.5 Å². The second-order valence-corrected chi connectivity index (χ2v) is 3.53. The van der Waals surface area contributed by atoms with Crippen LogP contribution in [0.3, 0.4) is 0 Å². The van der Waals surface area contributed by atoms with Crippen molar-refractivity contribution in [2.24, 2.45) is 0 Å².